The zero-order chi connectivity index (χ0) is 13.4. The molecule has 19 heavy (non-hydrogen) atoms. The predicted molar refractivity (Wildman–Crippen MR) is 75.0 cm³/mol. The summed E-state index contributed by atoms with van der Waals surface area (Å²) in [6, 6.07) is 5.27. The monoisotopic (exact) mass is 281 g/mol. The number of hydrogen-bond acceptors (Lipinski definition) is 1. The van der Waals surface area contributed by atoms with Crippen molar-refractivity contribution in [3.63, 3.8) is 0 Å². The maximum absolute atomic E-state index is 13.1. The van der Waals surface area contributed by atoms with Gasteiger partial charge >= 0.3 is 0 Å². The minimum Gasteiger partial charge on any atom is -0.370 e. The van der Waals surface area contributed by atoms with Gasteiger partial charge in [0.1, 0.15) is 5.82 Å². The van der Waals surface area contributed by atoms with Gasteiger partial charge in [-0.3, -0.25) is 0 Å². The number of nitrogens with zero attached hydrogens (tertiary/aromatic N) is 2. The maximum Gasteiger partial charge on any atom is 0.191 e. The number of likely N-dealkylation sites (tertiary alicyclic amines) is 1. The van der Waals surface area contributed by atoms with Crippen LogP contribution in [-0.4, -0.2) is 30.0 Å². The first-order chi connectivity index (χ1) is 9.13. The summed E-state index contributed by atoms with van der Waals surface area (Å²) < 4.78 is 13.1. The van der Waals surface area contributed by atoms with Crippen LogP contribution in [0.15, 0.2) is 23.2 Å². The molecule has 1 aliphatic heterocycles. The standard InChI is InChI=1S/C14H17ClFN3/c15-12-8-9(2-3-13(12)16)10-6-11(7-10)18-14(17)19-4-1-5-19/h2-3,8,10-11H,1,4-7H2,(H2,17,18). The summed E-state index contributed by atoms with van der Waals surface area (Å²) in [5, 5.41) is 0.199. The number of aliphatic imine (C=N–C) groups is 1. The molecule has 1 aromatic rings. The highest BCUT2D eigenvalue weighted by atomic mass is 35.5. The fourth-order valence-corrected chi connectivity index (χ4v) is 2.73. The van der Waals surface area contributed by atoms with Gasteiger partial charge < -0.3 is 10.6 Å². The van der Waals surface area contributed by atoms with Crippen LogP contribution in [0.5, 0.6) is 0 Å². The Kier molecular flexibility index (Phi) is 3.35. The summed E-state index contributed by atoms with van der Waals surface area (Å²) in [6.07, 6.45) is 3.14. The minimum absolute atomic E-state index is 0.199. The first-order valence-corrected chi connectivity index (χ1v) is 7.04. The van der Waals surface area contributed by atoms with Gasteiger partial charge in [0.05, 0.1) is 11.1 Å². The van der Waals surface area contributed by atoms with Crippen molar-refractivity contribution < 1.29 is 4.39 Å². The SMILES string of the molecule is NC(=NC1CC(c2ccc(F)c(Cl)c2)C1)N1CCC1. The van der Waals surface area contributed by atoms with E-state index < -0.39 is 0 Å². The molecule has 3 rings (SSSR count). The Hall–Kier alpha value is -1.29. The molecule has 1 aliphatic carbocycles. The number of rotatable bonds is 2. The molecule has 0 spiro atoms. The zero-order valence-electron chi connectivity index (χ0n) is 10.6. The molecular formula is C14H17ClFN3. The Morgan fingerprint density at radius 2 is 2.11 bits per heavy atom. The van der Waals surface area contributed by atoms with E-state index in [1.165, 1.54) is 12.5 Å². The first-order valence-electron chi connectivity index (χ1n) is 6.66. The fraction of sp³-hybridized carbons (Fsp3) is 0.500. The van der Waals surface area contributed by atoms with E-state index in [9.17, 15) is 4.39 Å². The van der Waals surface area contributed by atoms with Gasteiger partial charge in [0.25, 0.3) is 0 Å². The van der Waals surface area contributed by atoms with Crippen LogP contribution in [0, 0.1) is 5.82 Å². The van der Waals surface area contributed by atoms with E-state index in [0.717, 1.165) is 31.5 Å². The minimum atomic E-state index is -0.360. The number of halogens is 2. The molecule has 2 N–H and O–H groups in total. The van der Waals surface area contributed by atoms with Crippen LogP contribution in [-0.2, 0) is 0 Å². The lowest BCUT2D eigenvalue weighted by Gasteiger charge is -2.36. The second kappa shape index (κ2) is 5.00. The lowest BCUT2D eigenvalue weighted by molar-refractivity contribution is 0.286. The van der Waals surface area contributed by atoms with Crippen molar-refractivity contribution in [3.05, 3.63) is 34.6 Å². The molecule has 0 unspecified atom stereocenters. The molecule has 0 amide bonds. The van der Waals surface area contributed by atoms with Gasteiger partial charge in [0.2, 0.25) is 0 Å². The molecule has 102 valence electrons. The Morgan fingerprint density at radius 3 is 2.68 bits per heavy atom. The van der Waals surface area contributed by atoms with Crippen molar-refractivity contribution in [2.45, 2.75) is 31.2 Å². The largest absolute Gasteiger partial charge is 0.370 e. The summed E-state index contributed by atoms with van der Waals surface area (Å²) in [4.78, 5) is 6.63. The molecule has 0 bridgehead atoms. The van der Waals surface area contributed by atoms with E-state index in [4.69, 9.17) is 17.3 Å². The van der Waals surface area contributed by atoms with E-state index in [1.807, 2.05) is 6.07 Å². The number of nitrogens with two attached hydrogens (primary N) is 1. The van der Waals surface area contributed by atoms with Crippen molar-refractivity contribution >= 4 is 17.6 Å². The lowest BCUT2D eigenvalue weighted by Crippen LogP contribution is -2.47. The highest BCUT2D eigenvalue weighted by molar-refractivity contribution is 6.30. The predicted octanol–water partition coefficient (Wildman–Crippen LogP) is 2.75. The molecule has 1 saturated heterocycles. The van der Waals surface area contributed by atoms with Gasteiger partial charge in [0.15, 0.2) is 5.96 Å². The Bertz CT molecular complexity index is 507. The topological polar surface area (TPSA) is 41.6 Å². The Labute approximate surface area is 117 Å². The van der Waals surface area contributed by atoms with Gasteiger partial charge in [0, 0.05) is 13.1 Å². The maximum atomic E-state index is 13.1. The molecule has 0 radical (unpaired) electrons. The normalized spacial score (nSPS) is 26.8. The third-order valence-corrected chi connectivity index (χ3v) is 4.31. The lowest BCUT2D eigenvalue weighted by atomic mass is 9.76. The Balaban J connectivity index is 1.58. The average Bonchev–Trinajstić information content (AvgIpc) is 2.24. The number of hydrogen-bond donors (Lipinski definition) is 1. The first kappa shape index (κ1) is 12.7. The molecule has 2 fully saturated rings. The quantitative estimate of drug-likeness (QED) is 0.669. The third-order valence-electron chi connectivity index (χ3n) is 4.02. The highest BCUT2D eigenvalue weighted by Gasteiger charge is 2.31. The molecule has 2 aliphatic rings. The zero-order valence-corrected chi connectivity index (χ0v) is 11.4. The second-order valence-corrected chi connectivity index (χ2v) is 5.73. The fourth-order valence-electron chi connectivity index (χ4n) is 2.55. The number of benzene rings is 1. The summed E-state index contributed by atoms with van der Waals surface area (Å²) in [7, 11) is 0. The summed E-state index contributed by atoms with van der Waals surface area (Å²) >= 11 is 5.80. The molecular weight excluding hydrogens is 265 g/mol. The van der Waals surface area contributed by atoms with E-state index >= 15 is 0 Å². The van der Waals surface area contributed by atoms with Crippen molar-refractivity contribution in [1.82, 2.24) is 4.90 Å². The van der Waals surface area contributed by atoms with Crippen LogP contribution in [0.1, 0.15) is 30.7 Å². The molecule has 0 aromatic heterocycles. The van der Waals surface area contributed by atoms with Gasteiger partial charge in [-0.15, -0.1) is 0 Å². The highest BCUT2D eigenvalue weighted by Crippen LogP contribution is 2.39. The van der Waals surface area contributed by atoms with Crippen molar-refractivity contribution in [1.29, 1.82) is 0 Å². The molecule has 3 nitrogen and oxygen atoms in total. The van der Waals surface area contributed by atoms with Gasteiger partial charge in [-0.2, -0.15) is 0 Å². The van der Waals surface area contributed by atoms with Crippen LogP contribution in [0.25, 0.3) is 0 Å². The summed E-state index contributed by atoms with van der Waals surface area (Å²) in [5.74, 6) is 0.740. The van der Waals surface area contributed by atoms with Crippen LogP contribution in [0.2, 0.25) is 5.02 Å². The molecule has 5 heteroatoms. The third kappa shape index (κ3) is 2.54. The van der Waals surface area contributed by atoms with Crippen LogP contribution >= 0.6 is 11.6 Å². The summed E-state index contributed by atoms with van der Waals surface area (Å²) in [5.41, 5.74) is 7.02. The van der Waals surface area contributed by atoms with Crippen molar-refractivity contribution in [2.24, 2.45) is 10.7 Å². The van der Waals surface area contributed by atoms with Crippen LogP contribution in [0.4, 0.5) is 4.39 Å². The van der Waals surface area contributed by atoms with Crippen molar-refractivity contribution in [2.75, 3.05) is 13.1 Å². The smallest absolute Gasteiger partial charge is 0.191 e. The van der Waals surface area contributed by atoms with Gasteiger partial charge in [-0.25, -0.2) is 9.38 Å². The van der Waals surface area contributed by atoms with E-state index in [-0.39, 0.29) is 10.8 Å². The molecule has 1 aromatic carbocycles. The van der Waals surface area contributed by atoms with E-state index in [2.05, 4.69) is 9.89 Å². The van der Waals surface area contributed by atoms with Crippen molar-refractivity contribution in [3.8, 4) is 0 Å². The van der Waals surface area contributed by atoms with E-state index in [1.54, 1.807) is 6.07 Å². The number of guanidine groups is 1. The van der Waals surface area contributed by atoms with Gasteiger partial charge in [-0.05, 0) is 42.9 Å². The summed E-state index contributed by atoms with van der Waals surface area (Å²) in [6.45, 7) is 2.05. The van der Waals surface area contributed by atoms with Crippen LogP contribution < -0.4 is 5.73 Å². The van der Waals surface area contributed by atoms with E-state index in [0.29, 0.717) is 17.9 Å². The van der Waals surface area contributed by atoms with Gasteiger partial charge in [-0.1, -0.05) is 17.7 Å². The second-order valence-electron chi connectivity index (χ2n) is 5.32. The molecule has 1 saturated carbocycles. The Morgan fingerprint density at radius 1 is 1.37 bits per heavy atom. The molecule has 0 atom stereocenters. The molecule has 1 heterocycles. The van der Waals surface area contributed by atoms with Crippen LogP contribution in [0.3, 0.4) is 0 Å². The average molecular weight is 282 g/mol.